The van der Waals surface area contributed by atoms with E-state index in [1.54, 1.807) is 6.07 Å². The van der Waals surface area contributed by atoms with Crippen LogP contribution in [0.15, 0.2) is 42.5 Å². The maximum absolute atomic E-state index is 11.4. The average molecular weight is 418 g/mol. The first-order valence-electron chi connectivity index (χ1n) is 10.2. The zero-order valence-electron chi connectivity index (χ0n) is 16.6. The molecule has 1 heterocycles. The summed E-state index contributed by atoms with van der Waals surface area (Å²) in [5.41, 5.74) is 3.71. The average Bonchev–Trinajstić information content (AvgIpc) is 3.19. The number of ether oxygens (including phenoxy) is 1. The van der Waals surface area contributed by atoms with Crippen LogP contribution in [-0.4, -0.2) is 49.2 Å². The number of nitrogens with zero attached hydrogens (tertiary/aromatic N) is 3. The lowest BCUT2D eigenvalue weighted by atomic mass is 10.1. The van der Waals surface area contributed by atoms with E-state index in [0.29, 0.717) is 12.4 Å². The summed E-state index contributed by atoms with van der Waals surface area (Å²) < 4.78 is 5.83. The molecule has 1 saturated heterocycles. The lowest BCUT2D eigenvalue weighted by Gasteiger charge is -2.36. The monoisotopic (exact) mass is 417 g/mol. The summed E-state index contributed by atoms with van der Waals surface area (Å²) >= 11 is 0. The Kier molecular flexibility index (Phi) is 7.34. The van der Waals surface area contributed by atoms with Gasteiger partial charge in [-0.15, -0.1) is 12.4 Å². The van der Waals surface area contributed by atoms with Crippen molar-refractivity contribution in [3.05, 3.63) is 63.7 Å². The summed E-state index contributed by atoms with van der Waals surface area (Å²) in [5, 5.41) is 11.4. The molecular formula is C22H28ClN3O3. The zero-order valence-corrected chi connectivity index (χ0v) is 17.4. The number of benzene rings is 2. The van der Waals surface area contributed by atoms with Crippen LogP contribution in [0.4, 0.5) is 11.4 Å². The van der Waals surface area contributed by atoms with Crippen LogP contribution in [0, 0.1) is 10.1 Å². The number of halogens is 1. The van der Waals surface area contributed by atoms with Gasteiger partial charge in [0.05, 0.1) is 11.5 Å². The molecule has 6 nitrogen and oxygen atoms in total. The molecule has 0 N–H and O–H groups in total. The van der Waals surface area contributed by atoms with Crippen LogP contribution >= 0.6 is 12.4 Å². The summed E-state index contributed by atoms with van der Waals surface area (Å²) in [6, 6.07) is 14.1. The minimum atomic E-state index is -0.323. The molecule has 29 heavy (non-hydrogen) atoms. The molecule has 1 aliphatic heterocycles. The van der Waals surface area contributed by atoms with Crippen LogP contribution in [0.2, 0.25) is 0 Å². The molecule has 2 aliphatic rings. The van der Waals surface area contributed by atoms with Crippen LogP contribution in [0.3, 0.4) is 0 Å². The normalized spacial score (nSPS) is 16.2. The van der Waals surface area contributed by atoms with Gasteiger partial charge in [-0.2, -0.15) is 0 Å². The van der Waals surface area contributed by atoms with Gasteiger partial charge >= 0.3 is 5.69 Å². The first kappa shape index (κ1) is 21.4. The summed E-state index contributed by atoms with van der Waals surface area (Å²) in [5.74, 6) is 0.430. The minimum absolute atomic E-state index is 0. The maximum Gasteiger partial charge on any atom is 0.311 e. The Morgan fingerprint density at radius 3 is 2.38 bits per heavy atom. The fraction of sp³-hybridized carbons (Fsp3) is 0.455. The van der Waals surface area contributed by atoms with Crippen molar-refractivity contribution >= 4 is 23.8 Å². The highest BCUT2D eigenvalue weighted by Crippen LogP contribution is 2.34. The molecule has 0 aromatic heterocycles. The third-order valence-corrected chi connectivity index (χ3v) is 5.74. The van der Waals surface area contributed by atoms with Crippen molar-refractivity contribution in [3.8, 4) is 5.75 Å². The Morgan fingerprint density at radius 1 is 1.00 bits per heavy atom. The number of nitro groups is 1. The molecule has 7 heteroatoms. The van der Waals surface area contributed by atoms with Crippen LogP contribution in [0.1, 0.15) is 24.0 Å². The third kappa shape index (κ3) is 5.19. The number of anilines is 1. The lowest BCUT2D eigenvalue weighted by Crippen LogP contribution is -2.46. The highest BCUT2D eigenvalue weighted by atomic mass is 35.5. The number of fused-ring (bicyclic) bond motifs is 1. The Hall–Kier alpha value is -2.31. The second kappa shape index (κ2) is 9.94. The molecule has 0 bridgehead atoms. The summed E-state index contributed by atoms with van der Waals surface area (Å²) in [6.45, 7) is 5.60. The van der Waals surface area contributed by atoms with E-state index >= 15 is 0 Å². The predicted octanol–water partition coefficient (Wildman–Crippen LogP) is 4.10. The summed E-state index contributed by atoms with van der Waals surface area (Å²) in [7, 11) is 0. The molecule has 1 aliphatic carbocycles. The van der Waals surface area contributed by atoms with E-state index in [1.807, 2.05) is 12.1 Å². The van der Waals surface area contributed by atoms with Crippen LogP contribution in [-0.2, 0) is 12.8 Å². The lowest BCUT2D eigenvalue weighted by molar-refractivity contribution is -0.385. The van der Waals surface area contributed by atoms with Gasteiger partial charge < -0.3 is 9.64 Å². The number of aryl methyl sites for hydroxylation is 2. The SMILES string of the molecule is Cl.O=[N+]([O-])c1cc2c(cc1OCCCN1CCN(c3ccccc3)CC1)CCC2. The second-order valence-corrected chi connectivity index (χ2v) is 7.57. The van der Waals surface area contributed by atoms with Gasteiger partial charge in [0.25, 0.3) is 0 Å². The standard InChI is InChI=1S/C22H27N3O3.ClH/c26-25(27)21-16-18-6-4-7-19(18)17-22(21)28-15-5-10-23-11-13-24(14-12-23)20-8-2-1-3-9-20;/h1-3,8-9,16-17H,4-7,10-15H2;1H. The van der Waals surface area contributed by atoms with Gasteiger partial charge in [-0.1, -0.05) is 18.2 Å². The Labute approximate surface area is 178 Å². The van der Waals surface area contributed by atoms with Crippen LogP contribution in [0.5, 0.6) is 5.75 Å². The molecule has 2 aromatic carbocycles. The first-order chi connectivity index (χ1) is 13.7. The fourth-order valence-electron chi connectivity index (χ4n) is 4.19. The van der Waals surface area contributed by atoms with E-state index in [9.17, 15) is 10.1 Å². The van der Waals surface area contributed by atoms with E-state index in [4.69, 9.17) is 4.74 Å². The number of rotatable bonds is 7. The van der Waals surface area contributed by atoms with E-state index in [0.717, 1.165) is 64.0 Å². The maximum atomic E-state index is 11.4. The topological polar surface area (TPSA) is 58.9 Å². The van der Waals surface area contributed by atoms with E-state index in [2.05, 4.69) is 34.1 Å². The molecule has 2 aromatic rings. The van der Waals surface area contributed by atoms with Gasteiger partial charge in [0.15, 0.2) is 5.75 Å². The zero-order chi connectivity index (χ0) is 19.3. The number of para-hydroxylation sites is 1. The first-order valence-corrected chi connectivity index (χ1v) is 10.2. The Bertz CT molecular complexity index is 824. The quantitative estimate of drug-likeness (QED) is 0.385. The van der Waals surface area contributed by atoms with Crippen molar-refractivity contribution in [2.75, 3.05) is 44.2 Å². The van der Waals surface area contributed by atoms with Crippen molar-refractivity contribution in [2.24, 2.45) is 0 Å². The van der Waals surface area contributed by atoms with Gasteiger partial charge in [0, 0.05) is 44.5 Å². The minimum Gasteiger partial charge on any atom is -0.487 e. The van der Waals surface area contributed by atoms with Gasteiger partial charge in [-0.05, 0) is 55.0 Å². The molecule has 0 amide bonds. The number of piperazine rings is 1. The van der Waals surface area contributed by atoms with E-state index in [1.165, 1.54) is 11.3 Å². The highest BCUT2D eigenvalue weighted by Gasteiger charge is 2.22. The van der Waals surface area contributed by atoms with E-state index < -0.39 is 0 Å². The smallest absolute Gasteiger partial charge is 0.311 e. The molecular weight excluding hydrogens is 390 g/mol. The fourth-order valence-corrected chi connectivity index (χ4v) is 4.19. The van der Waals surface area contributed by atoms with Crippen LogP contribution in [0.25, 0.3) is 0 Å². The molecule has 4 rings (SSSR count). The summed E-state index contributed by atoms with van der Waals surface area (Å²) in [6.07, 6.45) is 3.88. The van der Waals surface area contributed by atoms with Gasteiger partial charge in [-0.25, -0.2) is 0 Å². The second-order valence-electron chi connectivity index (χ2n) is 7.57. The van der Waals surface area contributed by atoms with E-state index in [-0.39, 0.29) is 23.0 Å². The van der Waals surface area contributed by atoms with Crippen molar-refractivity contribution in [3.63, 3.8) is 0 Å². The third-order valence-electron chi connectivity index (χ3n) is 5.74. The largest absolute Gasteiger partial charge is 0.487 e. The molecule has 156 valence electrons. The predicted molar refractivity (Wildman–Crippen MR) is 118 cm³/mol. The Balaban J connectivity index is 0.00000240. The molecule has 1 fully saturated rings. The van der Waals surface area contributed by atoms with Crippen molar-refractivity contribution in [1.29, 1.82) is 0 Å². The molecule has 0 unspecified atom stereocenters. The van der Waals surface area contributed by atoms with Crippen molar-refractivity contribution in [1.82, 2.24) is 4.90 Å². The molecule has 0 spiro atoms. The number of nitro benzene ring substituents is 1. The van der Waals surface area contributed by atoms with Gasteiger partial charge in [0.2, 0.25) is 0 Å². The number of hydrogen-bond donors (Lipinski definition) is 0. The molecule has 0 radical (unpaired) electrons. The number of hydrogen-bond acceptors (Lipinski definition) is 5. The van der Waals surface area contributed by atoms with Crippen molar-refractivity contribution < 1.29 is 9.66 Å². The summed E-state index contributed by atoms with van der Waals surface area (Å²) in [4.78, 5) is 15.9. The van der Waals surface area contributed by atoms with Crippen LogP contribution < -0.4 is 9.64 Å². The Morgan fingerprint density at radius 2 is 1.69 bits per heavy atom. The highest BCUT2D eigenvalue weighted by molar-refractivity contribution is 5.85. The molecule has 0 atom stereocenters. The molecule has 0 saturated carbocycles. The van der Waals surface area contributed by atoms with Gasteiger partial charge in [0.1, 0.15) is 0 Å². The van der Waals surface area contributed by atoms with Crippen molar-refractivity contribution in [2.45, 2.75) is 25.7 Å². The van der Waals surface area contributed by atoms with Gasteiger partial charge in [-0.3, -0.25) is 15.0 Å².